The van der Waals surface area contributed by atoms with Crippen LogP contribution < -0.4 is 16.4 Å². The number of rotatable bonds is 8. The molecule has 0 saturated carbocycles. The van der Waals surface area contributed by atoms with E-state index in [0.29, 0.717) is 13.1 Å². The van der Waals surface area contributed by atoms with Crippen LogP contribution in [0.4, 0.5) is 0 Å². The maximum absolute atomic E-state index is 11.6. The highest BCUT2D eigenvalue weighted by Crippen LogP contribution is 2.12. The minimum Gasteiger partial charge on any atom is -0.369 e. The molecule has 0 saturated heterocycles. The third-order valence-electron chi connectivity index (χ3n) is 2.74. The second-order valence-electron chi connectivity index (χ2n) is 5.00. The van der Waals surface area contributed by atoms with Crippen molar-refractivity contribution in [2.45, 2.75) is 46.6 Å². The minimum atomic E-state index is -0.641. The number of nitrogens with one attached hydrogen (secondary N) is 2. The zero-order chi connectivity index (χ0) is 13.5. The van der Waals surface area contributed by atoms with Gasteiger partial charge < -0.3 is 16.4 Å². The predicted octanol–water partition coefficient (Wildman–Crippen LogP) is 0.392. The Morgan fingerprint density at radius 3 is 2.41 bits per heavy atom. The van der Waals surface area contributed by atoms with Crippen molar-refractivity contribution in [2.24, 2.45) is 11.1 Å². The Balaban J connectivity index is 3.97. The van der Waals surface area contributed by atoms with E-state index < -0.39 is 5.41 Å². The van der Waals surface area contributed by atoms with Crippen molar-refractivity contribution in [3.63, 3.8) is 0 Å². The largest absolute Gasteiger partial charge is 0.369 e. The van der Waals surface area contributed by atoms with Crippen molar-refractivity contribution >= 4 is 11.8 Å². The Bertz CT molecular complexity index is 264. The number of hydrogen-bond acceptors (Lipinski definition) is 3. The van der Waals surface area contributed by atoms with Crippen LogP contribution in [-0.2, 0) is 9.59 Å². The predicted molar refractivity (Wildman–Crippen MR) is 68.4 cm³/mol. The molecular weight excluding hydrogens is 218 g/mol. The minimum absolute atomic E-state index is 0.0429. The first kappa shape index (κ1) is 15.9. The molecule has 0 radical (unpaired) electrons. The van der Waals surface area contributed by atoms with Crippen molar-refractivity contribution in [3.05, 3.63) is 0 Å². The molecule has 5 heteroatoms. The summed E-state index contributed by atoms with van der Waals surface area (Å²) in [6.45, 7) is 8.45. The van der Waals surface area contributed by atoms with Crippen LogP contribution in [0.2, 0.25) is 0 Å². The molecule has 0 bridgehead atoms. The monoisotopic (exact) mass is 243 g/mol. The van der Waals surface area contributed by atoms with Crippen molar-refractivity contribution in [3.8, 4) is 0 Å². The molecule has 4 N–H and O–H groups in total. The fourth-order valence-corrected chi connectivity index (χ4v) is 1.13. The molecule has 0 aliphatic carbocycles. The average molecular weight is 243 g/mol. The standard InChI is InChI=1S/C12H25N3O2/c1-5-6-7-14-10(16)9(2)15-8-12(3,4)11(13)17/h9,15H,5-8H2,1-4H3,(H2,13,17)(H,14,16). The lowest BCUT2D eigenvalue weighted by molar-refractivity contribution is -0.127. The summed E-state index contributed by atoms with van der Waals surface area (Å²) in [4.78, 5) is 22.7. The maximum Gasteiger partial charge on any atom is 0.236 e. The molecule has 0 spiro atoms. The van der Waals surface area contributed by atoms with E-state index in [-0.39, 0.29) is 17.9 Å². The molecule has 17 heavy (non-hydrogen) atoms. The summed E-state index contributed by atoms with van der Waals surface area (Å²) in [6.07, 6.45) is 2.03. The number of primary amides is 1. The third-order valence-corrected chi connectivity index (χ3v) is 2.74. The first-order chi connectivity index (χ1) is 7.81. The molecular formula is C12H25N3O2. The number of hydrogen-bond donors (Lipinski definition) is 3. The molecule has 1 atom stereocenters. The Kier molecular flexibility index (Phi) is 6.80. The summed E-state index contributed by atoms with van der Waals surface area (Å²) in [6, 6.07) is -0.314. The van der Waals surface area contributed by atoms with Crippen molar-refractivity contribution in [1.29, 1.82) is 0 Å². The molecule has 1 unspecified atom stereocenters. The third kappa shape index (κ3) is 6.26. The van der Waals surface area contributed by atoms with Gasteiger partial charge in [-0.25, -0.2) is 0 Å². The summed E-state index contributed by atoms with van der Waals surface area (Å²) in [5.74, 6) is -0.415. The van der Waals surface area contributed by atoms with Crippen LogP contribution in [0.3, 0.4) is 0 Å². The Morgan fingerprint density at radius 1 is 1.35 bits per heavy atom. The molecule has 0 heterocycles. The van der Waals surface area contributed by atoms with Gasteiger partial charge in [0.1, 0.15) is 0 Å². The summed E-state index contributed by atoms with van der Waals surface area (Å²) in [7, 11) is 0. The van der Waals surface area contributed by atoms with Crippen LogP contribution >= 0.6 is 0 Å². The summed E-state index contributed by atoms with van der Waals surface area (Å²) < 4.78 is 0. The highest BCUT2D eigenvalue weighted by molar-refractivity contribution is 5.82. The Hall–Kier alpha value is -1.10. The molecule has 5 nitrogen and oxygen atoms in total. The fourth-order valence-electron chi connectivity index (χ4n) is 1.13. The van der Waals surface area contributed by atoms with Crippen LogP contribution in [-0.4, -0.2) is 30.9 Å². The highest BCUT2D eigenvalue weighted by Gasteiger charge is 2.26. The van der Waals surface area contributed by atoms with Crippen LogP contribution in [0.25, 0.3) is 0 Å². The van der Waals surface area contributed by atoms with E-state index in [1.165, 1.54) is 0 Å². The number of carbonyl (C=O) groups excluding carboxylic acids is 2. The molecule has 2 amide bonds. The van der Waals surface area contributed by atoms with Crippen LogP contribution in [0.1, 0.15) is 40.5 Å². The lowest BCUT2D eigenvalue weighted by Crippen LogP contribution is -2.48. The quantitative estimate of drug-likeness (QED) is 0.539. The summed E-state index contributed by atoms with van der Waals surface area (Å²) >= 11 is 0. The van der Waals surface area contributed by atoms with Gasteiger partial charge in [-0.3, -0.25) is 9.59 Å². The van der Waals surface area contributed by atoms with Crippen LogP contribution in [0.15, 0.2) is 0 Å². The van der Waals surface area contributed by atoms with Gasteiger partial charge in [0.2, 0.25) is 11.8 Å². The van der Waals surface area contributed by atoms with Gasteiger partial charge in [0.05, 0.1) is 11.5 Å². The molecule has 0 rings (SSSR count). The van der Waals surface area contributed by atoms with E-state index in [1.807, 2.05) is 0 Å². The molecule has 0 aromatic rings. The molecule has 0 aliphatic rings. The van der Waals surface area contributed by atoms with E-state index in [4.69, 9.17) is 5.73 Å². The molecule has 0 aromatic heterocycles. The van der Waals surface area contributed by atoms with Gasteiger partial charge >= 0.3 is 0 Å². The normalized spacial score (nSPS) is 13.2. The van der Waals surface area contributed by atoms with Crippen molar-refractivity contribution in [1.82, 2.24) is 10.6 Å². The van der Waals surface area contributed by atoms with E-state index in [1.54, 1.807) is 20.8 Å². The van der Waals surface area contributed by atoms with E-state index in [9.17, 15) is 9.59 Å². The molecule has 0 aliphatic heterocycles. The van der Waals surface area contributed by atoms with Gasteiger partial charge in [0, 0.05) is 13.1 Å². The highest BCUT2D eigenvalue weighted by atomic mass is 16.2. The van der Waals surface area contributed by atoms with E-state index in [0.717, 1.165) is 12.8 Å². The van der Waals surface area contributed by atoms with Gasteiger partial charge in [0.15, 0.2) is 0 Å². The second kappa shape index (κ2) is 7.27. The maximum atomic E-state index is 11.6. The average Bonchev–Trinajstić information content (AvgIpc) is 2.26. The van der Waals surface area contributed by atoms with Gasteiger partial charge in [0.25, 0.3) is 0 Å². The van der Waals surface area contributed by atoms with E-state index >= 15 is 0 Å². The van der Waals surface area contributed by atoms with Gasteiger partial charge in [-0.15, -0.1) is 0 Å². The smallest absolute Gasteiger partial charge is 0.236 e. The van der Waals surface area contributed by atoms with Gasteiger partial charge in [-0.2, -0.15) is 0 Å². The first-order valence-electron chi connectivity index (χ1n) is 6.12. The Morgan fingerprint density at radius 2 is 1.94 bits per heavy atom. The van der Waals surface area contributed by atoms with Crippen LogP contribution in [0, 0.1) is 5.41 Å². The summed E-state index contributed by atoms with van der Waals surface area (Å²) in [5.41, 5.74) is 4.61. The van der Waals surface area contributed by atoms with Gasteiger partial charge in [-0.05, 0) is 27.2 Å². The number of unbranched alkanes of at least 4 members (excludes halogenated alkanes) is 1. The molecule has 0 aromatic carbocycles. The topological polar surface area (TPSA) is 84.2 Å². The molecule has 0 fully saturated rings. The molecule has 100 valence electrons. The fraction of sp³-hybridized carbons (Fsp3) is 0.833. The second-order valence-corrected chi connectivity index (χ2v) is 5.00. The van der Waals surface area contributed by atoms with Crippen molar-refractivity contribution in [2.75, 3.05) is 13.1 Å². The SMILES string of the molecule is CCCCNC(=O)C(C)NCC(C)(C)C(N)=O. The number of carbonyl (C=O) groups is 2. The number of amides is 2. The first-order valence-corrected chi connectivity index (χ1v) is 6.12. The van der Waals surface area contributed by atoms with Crippen molar-refractivity contribution < 1.29 is 9.59 Å². The van der Waals surface area contributed by atoms with Gasteiger partial charge in [-0.1, -0.05) is 13.3 Å². The number of nitrogens with two attached hydrogens (primary N) is 1. The van der Waals surface area contributed by atoms with E-state index in [2.05, 4.69) is 17.6 Å². The lowest BCUT2D eigenvalue weighted by Gasteiger charge is -2.23. The summed E-state index contributed by atoms with van der Waals surface area (Å²) in [5, 5.41) is 5.85. The zero-order valence-corrected chi connectivity index (χ0v) is 11.3. The lowest BCUT2D eigenvalue weighted by atomic mass is 9.92. The zero-order valence-electron chi connectivity index (χ0n) is 11.3. The van der Waals surface area contributed by atoms with Crippen LogP contribution in [0.5, 0.6) is 0 Å². The Labute approximate surface area is 104 Å².